The van der Waals surface area contributed by atoms with E-state index in [1.54, 1.807) is 30.6 Å². The van der Waals surface area contributed by atoms with Gasteiger partial charge in [-0.25, -0.2) is 13.8 Å². The first kappa shape index (κ1) is 16.8. The van der Waals surface area contributed by atoms with Gasteiger partial charge in [0.1, 0.15) is 17.7 Å². The summed E-state index contributed by atoms with van der Waals surface area (Å²) in [5, 5.41) is 3.96. The molecule has 0 saturated heterocycles. The maximum atomic E-state index is 13.1. The molecule has 6 nitrogen and oxygen atoms in total. The fourth-order valence-electron chi connectivity index (χ4n) is 3.22. The van der Waals surface area contributed by atoms with Gasteiger partial charge in [-0.05, 0) is 42.0 Å². The molecule has 140 valence electrons. The summed E-state index contributed by atoms with van der Waals surface area (Å²) < 4.78 is 39.5. The van der Waals surface area contributed by atoms with Crippen LogP contribution < -0.4 is 0 Å². The summed E-state index contributed by atoms with van der Waals surface area (Å²) in [4.78, 5) is 8.77. The summed E-state index contributed by atoms with van der Waals surface area (Å²) in [7, 11) is 0. The Balaban J connectivity index is 1.41. The Kier molecular flexibility index (Phi) is 3.98. The van der Waals surface area contributed by atoms with Crippen molar-refractivity contribution >= 4 is 0 Å². The second-order valence-electron chi connectivity index (χ2n) is 6.47. The van der Waals surface area contributed by atoms with Crippen molar-refractivity contribution in [3.8, 4) is 23.0 Å². The van der Waals surface area contributed by atoms with E-state index in [1.165, 1.54) is 24.3 Å². The molecule has 4 aromatic rings. The van der Waals surface area contributed by atoms with Crippen LogP contribution in [0.3, 0.4) is 0 Å². The van der Waals surface area contributed by atoms with Gasteiger partial charge >= 0.3 is 0 Å². The highest BCUT2D eigenvalue weighted by molar-refractivity contribution is 5.59. The molecule has 0 bridgehead atoms. The predicted molar refractivity (Wildman–Crippen MR) is 94.8 cm³/mol. The van der Waals surface area contributed by atoms with E-state index < -0.39 is 0 Å². The number of rotatable bonds is 3. The van der Waals surface area contributed by atoms with Gasteiger partial charge in [0, 0.05) is 5.56 Å². The van der Waals surface area contributed by atoms with Gasteiger partial charge in [-0.15, -0.1) is 0 Å². The third-order valence-corrected chi connectivity index (χ3v) is 4.70. The maximum Gasteiger partial charge on any atom is 0.278 e. The standard InChI is InChI=1S/C20H14F2N4O2/c21-14-5-1-12(2-6-14)17-9-26-11-23-18(16(26)10-27-17)20-24-19(25-28-20)13-3-7-15(22)8-4-13/h1-8,11,17H,9-10H2/t17-/m1/s1. The lowest BCUT2D eigenvalue weighted by Gasteiger charge is -2.25. The van der Waals surface area contributed by atoms with Crippen LogP contribution in [0.4, 0.5) is 8.78 Å². The van der Waals surface area contributed by atoms with Crippen LogP contribution in [0.5, 0.6) is 0 Å². The third-order valence-electron chi connectivity index (χ3n) is 4.70. The molecule has 0 unspecified atom stereocenters. The molecule has 0 amide bonds. The van der Waals surface area contributed by atoms with Crippen LogP contribution in [0.2, 0.25) is 0 Å². The molecule has 2 aromatic heterocycles. The fraction of sp³-hybridized carbons (Fsp3) is 0.150. The SMILES string of the molecule is Fc1ccc(-c2noc(-c3ncn4c3CO[C@@H](c3ccc(F)cc3)C4)n2)cc1. The molecule has 28 heavy (non-hydrogen) atoms. The van der Waals surface area contributed by atoms with Crippen LogP contribution in [0.15, 0.2) is 59.4 Å². The van der Waals surface area contributed by atoms with Gasteiger partial charge in [0.15, 0.2) is 5.69 Å². The largest absolute Gasteiger partial charge is 0.365 e. The highest BCUT2D eigenvalue weighted by Crippen LogP contribution is 2.31. The number of hydrogen-bond donors (Lipinski definition) is 0. The second-order valence-corrected chi connectivity index (χ2v) is 6.47. The van der Waals surface area contributed by atoms with Gasteiger partial charge < -0.3 is 13.8 Å². The summed E-state index contributed by atoms with van der Waals surface area (Å²) in [5.41, 5.74) is 2.93. The average Bonchev–Trinajstić information content (AvgIpc) is 3.35. The Morgan fingerprint density at radius 3 is 2.43 bits per heavy atom. The number of nitrogens with zero attached hydrogens (tertiary/aromatic N) is 4. The van der Waals surface area contributed by atoms with Gasteiger partial charge in [-0.1, -0.05) is 17.3 Å². The number of hydrogen-bond acceptors (Lipinski definition) is 5. The van der Waals surface area contributed by atoms with E-state index >= 15 is 0 Å². The Morgan fingerprint density at radius 2 is 1.68 bits per heavy atom. The summed E-state index contributed by atoms with van der Waals surface area (Å²) in [6, 6.07) is 12.1. The van der Waals surface area contributed by atoms with Crippen molar-refractivity contribution in [1.29, 1.82) is 0 Å². The van der Waals surface area contributed by atoms with Crippen molar-refractivity contribution in [2.24, 2.45) is 0 Å². The maximum absolute atomic E-state index is 13.1. The van der Waals surface area contributed by atoms with Crippen LogP contribution in [0.25, 0.3) is 23.0 Å². The van der Waals surface area contributed by atoms with Gasteiger partial charge in [0.05, 0.1) is 25.2 Å². The molecule has 0 N–H and O–H groups in total. The van der Waals surface area contributed by atoms with Crippen molar-refractivity contribution in [3.05, 3.63) is 77.8 Å². The summed E-state index contributed by atoms with van der Waals surface area (Å²) in [5.74, 6) is 0.0246. The van der Waals surface area contributed by atoms with Crippen LogP contribution in [0.1, 0.15) is 17.4 Å². The van der Waals surface area contributed by atoms with Gasteiger partial charge in [0.2, 0.25) is 5.82 Å². The third kappa shape index (κ3) is 2.97. The van der Waals surface area contributed by atoms with E-state index in [9.17, 15) is 8.78 Å². The zero-order valence-electron chi connectivity index (χ0n) is 14.5. The van der Waals surface area contributed by atoms with Crippen LogP contribution in [0, 0.1) is 11.6 Å². The first-order valence-electron chi connectivity index (χ1n) is 8.68. The van der Waals surface area contributed by atoms with E-state index in [4.69, 9.17) is 9.26 Å². The molecule has 3 heterocycles. The highest BCUT2D eigenvalue weighted by atomic mass is 19.1. The molecular formula is C20H14F2N4O2. The van der Waals surface area contributed by atoms with E-state index in [0.29, 0.717) is 30.2 Å². The molecular weight excluding hydrogens is 366 g/mol. The van der Waals surface area contributed by atoms with Gasteiger partial charge in [0.25, 0.3) is 5.89 Å². The second kappa shape index (κ2) is 6.65. The molecule has 0 saturated carbocycles. The van der Waals surface area contributed by atoms with Crippen LogP contribution in [-0.4, -0.2) is 19.7 Å². The van der Waals surface area contributed by atoms with Crippen LogP contribution >= 0.6 is 0 Å². The zero-order valence-corrected chi connectivity index (χ0v) is 14.5. The number of benzene rings is 2. The quantitative estimate of drug-likeness (QED) is 0.534. The van der Waals surface area contributed by atoms with Crippen molar-refractivity contribution in [2.45, 2.75) is 19.3 Å². The Bertz CT molecular complexity index is 1120. The number of aromatic nitrogens is 4. The smallest absolute Gasteiger partial charge is 0.278 e. The fourth-order valence-corrected chi connectivity index (χ4v) is 3.22. The minimum Gasteiger partial charge on any atom is -0.365 e. The predicted octanol–water partition coefficient (Wildman–Crippen LogP) is 4.15. The van der Waals surface area contributed by atoms with Crippen molar-refractivity contribution in [1.82, 2.24) is 19.7 Å². The number of ether oxygens (including phenoxy) is 1. The summed E-state index contributed by atoms with van der Waals surface area (Å²) in [6.07, 6.45) is 1.51. The molecule has 8 heteroatoms. The van der Waals surface area contributed by atoms with Gasteiger partial charge in [-0.3, -0.25) is 0 Å². The number of halogens is 2. The topological polar surface area (TPSA) is 66.0 Å². The Morgan fingerprint density at radius 1 is 0.964 bits per heavy atom. The minimum atomic E-state index is -0.330. The zero-order chi connectivity index (χ0) is 19.1. The lowest BCUT2D eigenvalue weighted by Crippen LogP contribution is -2.20. The Hall–Kier alpha value is -3.39. The van der Waals surface area contributed by atoms with E-state index in [0.717, 1.165) is 11.3 Å². The molecule has 0 radical (unpaired) electrons. The molecule has 1 aliphatic rings. The molecule has 2 aromatic carbocycles. The van der Waals surface area contributed by atoms with Gasteiger partial charge in [-0.2, -0.15) is 4.98 Å². The monoisotopic (exact) mass is 380 g/mol. The number of fused-ring (bicyclic) bond motifs is 1. The Labute approximate surface area is 158 Å². The first-order valence-corrected chi connectivity index (χ1v) is 8.68. The minimum absolute atomic E-state index is 0.187. The highest BCUT2D eigenvalue weighted by Gasteiger charge is 2.26. The molecule has 0 fully saturated rings. The lowest BCUT2D eigenvalue weighted by atomic mass is 10.1. The van der Waals surface area contributed by atoms with E-state index in [1.807, 2.05) is 4.57 Å². The van der Waals surface area contributed by atoms with Crippen molar-refractivity contribution < 1.29 is 18.0 Å². The molecule has 5 rings (SSSR count). The summed E-state index contributed by atoms with van der Waals surface area (Å²) >= 11 is 0. The first-order chi connectivity index (χ1) is 13.7. The average molecular weight is 380 g/mol. The van der Waals surface area contributed by atoms with Crippen molar-refractivity contribution in [3.63, 3.8) is 0 Å². The normalized spacial score (nSPS) is 16.1. The molecule has 1 aliphatic heterocycles. The molecule has 0 spiro atoms. The van der Waals surface area contributed by atoms with E-state index in [2.05, 4.69) is 15.1 Å². The molecule has 0 aliphatic carbocycles. The van der Waals surface area contributed by atoms with Crippen LogP contribution in [-0.2, 0) is 17.9 Å². The lowest BCUT2D eigenvalue weighted by molar-refractivity contribution is 0.00326. The summed E-state index contributed by atoms with van der Waals surface area (Å²) in [6.45, 7) is 0.860. The molecule has 1 atom stereocenters. The van der Waals surface area contributed by atoms with Crippen molar-refractivity contribution in [2.75, 3.05) is 0 Å². The van der Waals surface area contributed by atoms with E-state index in [-0.39, 0.29) is 23.6 Å². The number of imidazole rings is 1.